The Morgan fingerprint density at radius 1 is 1.05 bits per heavy atom. The van der Waals surface area contributed by atoms with Crippen molar-refractivity contribution in [1.29, 1.82) is 0 Å². The van der Waals surface area contributed by atoms with Crippen LogP contribution in [-0.4, -0.2) is 12.6 Å². The van der Waals surface area contributed by atoms with E-state index in [1.165, 1.54) is 0 Å². The predicted molar refractivity (Wildman–Crippen MR) is 86.2 cm³/mol. The monoisotopic (exact) mass is 280 g/mol. The minimum absolute atomic E-state index is 0.253. The van der Waals surface area contributed by atoms with E-state index < -0.39 is 0 Å². The Bertz CT molecular complexity index is 600. The molecule has 0 spiro atoms. The largest absolute Gasteiger partial charge is 0.458 e. The predicted octanol–water partition coefficient (Wildman–Crippen LogP) is 4.51. The summed E-state index contributed by atoms with van der Waals surface area (Å²) in [5, 5.41) is 0. The van der Waals surface area contributed by atoms with Crippen molar-refractivity contribution in [1.82, 2.24) is 0 Å². The summed E-state index contributed by atoms with van der Waals surface area (Å²) in [6.45, 7) is 2.39. The van der Waals surface area contributed by atoms with Gasteiger partial charge in [0.1, 0.15) is 6.61 Å². The second-order valence-corrected chi connectivity index (χ2v) is 4.82. The van der Waals surface area contributed by atoms with Crippen molar-refractivity contribution in [2.24, 2.45) is 0 Å². The van der Waals surface area contributed by atoms with E-state index in [2.05, 4.69) is 6.92 Å². The minimum atomic E-state index is -0.253. The van der Waals surface area contributed by atoms with E-state index in [1.54, 1.807) is 0 Å². The average Bonchev–Trinajstić information content (AvgIpc) is 2.53. The van der Waals surface area contributed by atoms with Gasteiger partial charge in [-0.05, 0) is 29.7 Å². The molecule has 0 bridgehead atoms. The van der Waals surface area contributed by atoms with E-state index in [4.69, 9.17) is 4.74 Å². The van der Waals surface area contributed by atoms with Crippen molar-refractivity contribution in [3.05, 3.63) is 77.4 Å². The van der Waals surface area contributed by atoms with Crippen LogP contribution in [0.25, 0.3) is 6.08 Å². The van der Waals surface area contributed by atoms with Crippen molar-refractivity contribution in [2.75, 3.05) is 6.61 Å². The van der Waals surface area contributed by atoms with Gasteiger partial charge in [0.2, 0.25) is 0 Å². The van der Waals surface area contributed by atoms with Crippen molar-refractivity contribution >= 4 is 12.0 Å². The van der Waals surface area contributed by atoms with E-state index in [0.717, 1.165) is 24.0 Å². The van der Waals surface area contributed by atoms with E-state index in [1.807, 2.05) is 66.7 Å². The second kappa shape index (κ2) is 8.05. The first-order valence-corrected chi connectivity index (χ1v) is 7.28. The zero-order valence-corrected chi connectivity index (χ0v) is 12.3. The third kappa shape index (κ3) is 4.60. The summed E-state index contributed by atoms with van der Waals surface area (Å²) >= 11 is 0. The normalized spacial score (nSPS) is 10.7. The molecule has 2 aromatic rings. The SMILES string of the molecule is CCCc1ccccc1C(=O)OC/C=C/c1ccccc1. The number of hydrogen-bond acceptors (Lipinski definition) is 2. The summed E-state index contributed by atoms with van der Waals surface area (Å²) in [4.78, 5) is 12.1. The van der Waals surface area contributed by atoms with Crippen LogP contribution >= 0.6 is 0 Å². The summed E-state index contributed by atoms with van der Waals surface area (Å²) in [6.07, 6.45) is 5.71. The van der Waals surface area contributed by atoms with Gasteiger partial charge in [0, 0.05) is 0 Å². The van der Waals surface area contributed by atoms with Crippen LogP contribution in [0.5, 0.6) is 0 Å². The molecular formula is C19H20O2. The highest BCUT2D eigenvalue weighted by atomic mass is 16.5. The third-order valence-electron chi connectivity index (χ3n) is 3.18. The molecule has 0 radical (unpaired) electrons. The van der Waals surface area contributed by atoms with Gasteiger partial charge in [-0.1, -0.05) is 68.0 Å². The van der Waals surface area contributed by atoms with Gasteiger partial charge in [-0.25, -0.2) is 4.79 Å². The number of carbonyl (C=O) groups is 1. The fourth-order valence-electron chi connectivity index (χ4n) is 2.16. The van der Waals surface area contributed by atoms with Gasteiger partial charge in [-0.2, -0.15) is 0 Å². The Kier molecular flexibility index (Phi) is 5.77. The number of hydrogen-bond donors (Lipinski definition) is 0. The summed E-state index contributed by atoms with van der Waals surface area (Å²) < 4.78 is 5.31. The van der Waals surface area contributed by atoms with Crippen molar-refractivity contribution in [3.63, 3.8) is 0 Å². The Morgan fingerprint density at radius 3 is 2.52 bits per heavy atom. The Hall–Kier alpha value is -2.35. The average molecular weight is 280 g/mol. The molecule has 0 saturated carbocycles. The number of ether oxygens (including phenoxy) is 1. The Labute approximate surface area is 126 Å². The van der Waals surface area contributed by atoms with Crippen LogP contribution in [0.1, 0.15) is 34.8 Å². The maximum Gasteiger partial charge on any atom is 0.338 e. The van der Waals surface area contributed by atoms with Crippen LogP contribution in [0.15, 0.2) is 60.7 Å². The first-order valence-electron chi connectivity index (χ1n) is 7.28. The van der Waals surface area contributed by atoms with Gasteiger partial charge in [0.05, 0.1) is 5.56 Å². The molecule has 0 N–H and O–H groups in total. The molecule has 21 heavy (non-hydrogen) atoms. The van der Waals surface area contributed by atoms with Crippen LogP contribution in [0.2, 0.25) is 0 Å². The summed E-state index contributed by atoms with van der Waals surface area (Å²) in [5.41, 5.74) is 2.82. The highest BCUT2D eigenvalue weighted by Crippen LogP contribution is 2.12. The van der Waals surface area contributed by atoms with E-state index in [-0.39, 0.29) is 12.6 Å². The Morgan fingerprint density at radius 2 is 1.76 bits per heavy atom. The summed E-state index contributed by atoms with van der Waals surface area (Å²) in [6, 6.07) is 17.6. The lowest BCUT2D eigenvalue weighted by Gasteiger charge is -2.07. The van der Waals surface area contributed by atoms with Gasteiger partial charge in [0.25, 0.3) is 0 Å². The molecule has 0 heterocycles. The molecular weight excluding hydrogens is 260 g/mol. The maximum absolute atomic E-state index is 12.1. The van der Waals surface area contributed by atoms with Crippen LogP contribution in [0, 0.1) is 0 Å². The summed E-state index contributed by atoms with van der Waals surface area (Å²) in [7, 11) is 0. The van der Waals surface area contributed by atoms with Crippen LogP contribution in [-0.2, 0) is 11.2 Å². The molecule has 2 nitrogen and oxygen atoms in total. The molecule has 0 unspecified atom stereocenters. The van der Waals surface area contributed by atoms with Crippen molar-refractivity contribution in [2.45, 2.75) is 19.8 Å². The lowest BCUT2D eigenvalue weighted by atomic mass is 10.0. The third-order valence-corrected chi connectivity index (χ3v) is 3.18. The number of rotatable bonds is 6. The molecule has 0 atom stereocenters. The Balaban J connectivity index is 1.92. The highest BCUT2D eigenvalue weighted by molar-refractivity contribution is 5.91. The lowest BCUT2D eigenvalue weighted by molar-refractivity contribution is 0.0549. The van der Waals surface area contributed by atoms with Gasteiger partial charge >= 0.3 is 5.97 Å². The highest BCUT2D eigenvalue weighted by Gasteiger charge is 2.10. The van der Waals surface area contributed by atoms with E-state index in [9.17, 15) is 4.79 Å². The lowest BCUT2D eigenvalue weighted by Crippen LogP contribution is -2.08. The molecule has 2 rings (SSSR count). The number of aryl methyl sites for hydroxylation is 1. The molecule has 2 heteroatoms. The zero-order chi connectivity index (χ0) is 14.9. The topological polar surface area (TPSA) is 26.3 Å². The smallest absolute Gasteiger partial charge is 0.338 e. The van der Waals surface area contributed by atoms with Gasteiger partial charge in [0.15, 0.2) is 0 Å². The standard InChI is InChI=1S/C19H20O2/c1-2-9-17-13-6-7-14-18(17)19(20)21-15-8-12-16-10-4-3-5-11-16/h3-8,10-14H,2,9,15H2,1H3/b12-8+. The van der Waals surface area contributed by atoms with E-state index >= 15 is 0 Å². The fraction of sp³-hybridized carbons (Fsp3) is 0.211. The molecule has 0 aliphatic carbocycles. The molecule has 2 aromatic carbocycles. The second-order valence-electron chi connectivity index (χ2n) is 4.82. The quantitative estimate of drug-likeness (QED) is 0.728. The molecule has 0 fully saturated rings. The first-order chi connectivity index (χ1) is 10.3. The molecule has 108 valence electrons. The van der Waals surface area contributed by atoms with Crippen molar-refractivity contribution < 1.29 is 9.53 Å². The summed E-state index contributed by atoms with van der Waals surface area (Å²) in [5.74, 6) is -0.253. The van der Waals surface area contributed by atoms with Gasteiger partial charge in [-0.3, -0.25) is 0 Å². The van der Waals surface area contributed by atoms with Crippen LogP contribution in [0.4, 0.5) is 0 Å². The first kappa shape index (κ1) is 15.0. The molecule has 0 saturated heterocycles. The molecule has 0 amide bonds. The number of esters is 1. The van der Waals surface area contributed by atoms with Crippen molar-refractivity contribution in [3.8, 4) is 0 Å². The number of benzene rings is 2. The zero-order valence-electron chi connectivity index (χ0n) is 12.3. The van der Waals surface area contributed by atoms with Crippen LogP contribution < -0.4 is 0 Å². The van der Waals surface area contributed by atoms with Crippen LogP contribution in [0.3, 0.4) is 0 Å². The molecule has 0 aliphatic heterocycles. The van der Waals surface area contributed by atoms with E-state index in [0.29, 0.717) is 5.56 Å². The minimum Gasteiger partial charge on any atom is -0.458 e. The number of carbonyl (C=O) groups excluding carboxylic acids is 1. The van der Waals surface area contributed by atoms with Gasteiger partial charge in [-0.15, -0.1) is 0 Å². The molecule has 0 aliphatic rings. The molecule has 0 aromatic heterocycles. The maximum atomic E-state index is 12.1. The van der Waals surface area contributed by atoms with Gasteiger partial charge < -0.3 is 4.74 Å². The fourth-order valence-corrected chi connectivity index (χ4v) is 2.16.